The van der Waals surface area contributed by atoms with Gasteiger partial charge in [0.2, 0.25) is 0 Å². The van der Waals surface area contributed by atoms with E-state index < -0.39 is 93.8 Å². The van der Waals surface area contributed by atoms with Crippen LogP contribution in [0.15, 0.2) is 34.7 Å². The number of ketones is 1. The Morgan fingerprint density at radius 1 is 0.978 bits per heavy atom. The second-order valence-corrected chi connectivity index (χ2v) is 14.7. The number of allylic oxidation sites excluding steroid dienone is 1. The lowest BCUT2D eigenvalue weighted by molar-refractivity contribution is -0.336. The number of esters is 3. The molecule has 4 fully saturated rings. The minimum Gasteiger partial charge on any atom is -0.472 e. The Labute approximate surface area is 267 Å². The summed E-state index contributed by atoms with van der Waals surface area (Å²) in [5.41, 5.74) is -4.04. The topological polar surface area (TPSA) is 179 Å². The molecule has 46 heavy (non-hydrogen) atoms. The number of Topliss-reactive ketones (excluding diaryl/α,β-unsaturated/α-hetero) is 1. The summed E-state index contributed by atoms with van der Waals surface area (Å²) in [6.07, 6.45) is -1.53. The first-order valence-electron chi connectivity index (χ1n) is 16.0. The Kier molecular flexibility index (Phi) is 7.86. The monoisotopic (exact) mass is 644 g/mol. The summed E-state index contributed by atoms with van der Waals surface area (Å²) >= 11 is 0. The molecule has 0 spiro atoms. The van der Waals surface area contributed by atoms with Gasteiger partial charge in [0.1, 0.15) is 12.7 Å². The lowest BCUT2D eigenvalue weighted by Crippen LogP contribution is -2.78. The summed E-state index contributed by atoms with van der Waals surface area (Å²) in [6.45, 7) is 8.85. The molecule has 252 valence electrons. The molecule has 3 saturated carbocycles. The van der Waals surface area contributed by atoms with Crippen LogP contribution in [-0.2, 0) is 38.1 Å². The number of hydrogen-bond acceptors (Lipinski definition) is 12. The van der Waals surface area contributed by atoms with Crippen LogP contribution in [-0.4, -0.2) is 82.9 Å². The largest absolute Gasteiger partial charge is 0.472 e. The lowest BCUT2D eigenvalue weighted by Gasteiger charge is -2.70. The molecule has 4 aliphatic carbocycles. The second kappa shape index (κ2) is 11.0. The van der Waals surface area contributed by atoms with Crippen molar-refractivity contribution in [1.82, 2.24) is 0 Å². The predicted molar refractivity (Wildman–Crippen MR) is 157 cm³/mol. The highest BCUT2D eigenvalue weighted by atomic mass is 16.6. The zero-order valence-corrected chi connectivity index (χ0v) is 27.1. The van der Waals surface area contributed by atoms with Gasteiger partial charge in [0, 0.05) is 48.3 Å². The van der Waals surface area contributed by atoms with Crippen LogP contribution < -0.4 is 0 Å². The highest BCUT2D eigenvalue weighted by molar-refractivity contribution is 5.93. The minimum atomic E-state index is -1.80. The summed E-state index contributed by atoms with van der Waals surface area (Å²) in [5, 5.41) is 36.8. The molecule has 3 N–H and O–H groups in total. The van der Waals surface area contributed by atoms with Crippen molar-refractivity contribution in [3.05, 3.63) is 35.8 Å². The minimum absolute atomic E-state index is 0.0544. The van der Waals surface area contributed by atoms with E-state index in [4.69, 9.17) is 23.4 Å². The summed E-state index contributed by atoms with van der Waals surface area (Å²) in [7, 11) is 0. The average molecular weight is 645 g/mol. The molecule has 13 atom stereocenters. The molecule has 12 heteroatoms. The Morgan fingerprint density at radius 2 is 1.67 bits per heavy atom. The average Bonchev–Trinajstić information content (AvgIpc) is 3.64. The quantitative estimate of drug-likeness (QED) is 0.249. The smallest absolute Gasteiger partial charge is 0.311 e. The third-order valence-corrected chi connectivity index (χ3v) is 12.3. The highest BCUT2D eigenvalue weighted by Gasteiger charge is 2.79. The first-order chi connectivity index (χ1) is 21.5. The summed E-state index contributed by atoms with van der Waals surface area (Å²) in [6, 6.07) is 1.80. The third kappa shape index (κ3) is 4.25. The lowest BCUT2D eigenvalue weighted by atomic mass is 9.35. The van der Waals surface area contributed by atoms with Crippen molar-refractivity contribution in [3.8, 4) is 0 Å². The third-order valence-electron chi connectivity index (χ3n) is 12.3. The number of cyclic esters (lactones) is 1. The first kappa shape index (κ1) is 32.9. The molecule has 1 saturated heterocycles. The zero-order valence-electron chi connectivity index (χ0n) is 27.1. The molecule has 12 nitrogen and oxygen atoms in total. The van der Waals surface area contributed by atoms with Crippen molar-refractivity contribution in [3.63, 3.8) is 0 Å². The SMILES string of the molecule is CC(=O)O[C@H]1C(=O)[C@H]2[C@](C)(C3=CC[C@@H](c4ccoc4)[C@@]31C)[C@H](O)CC1[C@@]23C(O)OCC(C)C(=O)OC[C@@]1(C)[C@H](OC(C)=O)C[C@@H]3O. The second-order valence-electron chi connectivity index (χ2n) is 14.7. The zero-order chi connectivity index (χ0) is 33.6. The van der Waals surface area contributed by atoms with Crippen molar-refractivity contribution >= 4 is 23.7 Å². The number of fused-ring (bicyclic) bond motifs is 3. The van der Waals surface area contributed by atoms with Gasteiger partial charge in [-0.3, -0.25) is 19.2 Å². The van der Waals surface area contributed by atoms with Gasteiger partial charge >= 0.3 is 17.9 Å². The van der Waals surface area contributed by atoms with Crippen molar-refractivity contribution < 1.29 is 57.9 Å². The van der Waals surface area contributed by atoms with Crippen LogP contribution in [0.1, 0.15) is 72.3 Å². The van der Waals surface area contributed by atoms with Gasteiger partial charge in [-0.2, -0.15) is 0 Å². The van der Waals surface area contributed by atoms with E-state index in [-0.39, 0.29) is 32.0 Å². The number of aliphatic hydroxyl groups excluding tert-OH is 3. The number of ether oxygens (including phenoxy) is 4. The van der Waals surface area contributed by atoms with Crippen LogP contribution >= 0.6 is 0 Å². The molecule has 0 radical (unpaired) electrons. The maximum absolute atomic E-state index is 15.3. The standard InChI is InChI=1S/C34H44O12/c1-16-13-43-30(41)34-22(31(4,15-44-29(16)40)25(12-24(34)38)45-17(2)35)11-23(37)33(6)21-8-7-20(19-9-10-42-14-19)32(21,5)28(46-18(3)36)26(39)27(33)34/h8-10,14,16,20,22-25,27-28,30,37-38,41H,7,11-13,15H2,1-6H3/t16?,20-,22?,23+,24-,25+,27-,28-,30?,31+,32-,33+,34-/m0/s1. The van der Waals surface area contributed by atoms with E-state index in [1.165, 1.54) is 20.1 Å². The van der Waals surface area contributed by atoms with E-state index in [2.05, 4.69) is 0 Å². The fraction of sp³-hybridized carbons (Fsp3) is 0.706. The van der Waals surface area contributed by atoms with Crippen LogP contribution in [0.5, 0.6) is 0 Å². The Morgan fingerprint density at radius 3 is 2.30 bits per heavy atom. The Hall–Kier alpha value is -3.06. The number of furan rings is 1. The molecule has 5 aliphatic rings. The van der Waals surface area contributed by atoms with Gasteiger partial charge in [-0.25, -0.2) is 0 Å². The Bertz CT molecular complexity index is 1450. The molecule has 1 aromatic rings. The molecule has 0 aromatic carbocycles. The predicted octanol–water partition coefficient (Wildman–Crippen LogP) is 2.43. The van der Waals surface area contributed by atoms with Crippen LogP contribution in [0.2, 0.25) is 0 Å². The van der Waals surface area contributed by atoms with E-state index in [0.29, 0.717) is 12.0 Å². The summed E-state index contributed by atoms with van der Waals surface area (Å²) < 4.78 is 28.8. The maximum atomic E-state index is 15.3. The van der Waals surface area contributed by atoms with Gasteiger partial charge < -0.3 is 38.7 Å². The molecule has 0 amide bonds. The van der Waals surface area contributed by atoms with Crippen LogP contribution in [0.3, 0.4) is 0 Å². The molecular formula is C34H44O12. The molecular weight excluding hydrogens is 600 g/mol. The molecule has 2 bridgehead atoms. The van der Waals surface area contributed by atoms with Crippen molar-refractivity contribution in [2.75, 3.05) is 13.2 Å². The van der Waals surface area contributed by atoms with Crippen molar-refractivity contribution in [2.45, 2.75) is 97.4 Å². The van der Waals surface area contributed by atoms with E-state index in [1.807, 2.05) is 13.0 Å². The van der Waals surface area contributed by atoms with Gasteiger partial charge in [0.15, 0.2) is 18.2 Å². The normalized spacial score (nSPS) is 47.0. The van der Waals surface area contributed by atoms with Crippen molar-refractivity contribution in [1.29, 1.82) is 0 Å². The molecule has 3 unspecified atom stereocenters. The summed E-state index contributed by atoms with van der Waals surface area (Å²) in [5.74, 6) is -5.88. The summed E-state index contributed by atoms with van der Waals surface area (Å²) in [4.78, 5) is 53.2. The van der Waals surface area contributed by atoms with Gasteiger partial charge in [-0.1, -0.05) is 32.4 Å². The number of rotatable bonds is 3. The van der Waals surface area contributed by atoms with E-state index >= 15 is 4.79 Å². The van der Waals surface area contributed by atoms with E-state index in [9.17, 15) is 29.7 Å². The fourth-order valence-corrected chi connectivity index (χ4v) is 10.3. The molecule has 1 aliphatic heterocycles. The number of carbonyl (C=O) groups excluding carboxylic acids is 4. The van der Waals surface area contributed by atoms with Gasteiger partial charge in [-0.05, 0) is 37.3 Å². The van der Waals surface area contributed by atoms with Crippen LogP contribution in [0, 0.1) is 39.4 Å². The van der Waals surface area contributed by atoms with Crippen molar-refractivity contribution in [2.24, 2.45) is 39.4 Å². The highest BCUT2D eigenvalue weighted by Crippen LogP contribution is 2.74. The number of carbonyl (C=O) groups is 4. The maximum Gasteiger partial charge on any atom is 0.311 e. The van der Waals surface area contributed by atoms with E-state index in [0.717, 1.165) is 5.56 Å². The van der Waals surface area contributed by atoms with Crippen LogP contribution in [0.25, 0.3) is 0 Å². The first-order valence-corrected chi connectivity index (χ1v) is 16.0. The van der Waals surface area contributed by atoms with Gasteiger partial charge in [-0.15, -0.1) is 0 Å². The number of aliphatic hydroxyl groups is 3. The van der Waals surface area contributed by atoms with Gasteiger partial charge in [0.05, 0.1) is 42.7 Å². The Balaban J connectivity index is 1.60. The number of hydrogen-bond donors (Lipinski definition) is 3. The molecule has 2 heterocycles. The molecule has 6 rings (SSSR count). The van der Waals surface area contributed by atoms with Gasteiger partial charge in [0.25, 0.3) is 0 Å². The molecule has 1 aromatic heterocycles. The van der Waals surface area contributed by atoms with Crippen LogP contribution in [0.4, 0.5) is 0 Å². The fourth-order valence-electron chi connectivity index (χ4n) is 10.3. The van der Waals surface area contributed by atoms with E-state index in [1.54, 1.807) is 33.1 Å².